The van der Waals surface area contributed by atoms with Gasteiger partial charge in [-0.3, -0.25) is 0 Å². The van der Waals surface area contributed by atoms with E-state index < -0.39 is 8.07 Å². The first-order chi connectivity index (χ1) is 7.70. The van der Waals surface area contributed by atoms with Gasteiger partial charge in [-0.15, -0.1) is 5.54 Å². The second-order valence-corrected chi connectivity index (χ2v) is 10.8. The van der Waals surface area contributed by atoms with Gasteiger partial charge in [0.05, 0.1) is 5.56 Å². The minimum Gasteiger partial charge on any atom is -0.239 e. The van der Waals surface area contributed by atoms with E-state index in [0.29, 0.717) is 11.1 Å². The van der Waals surface area contributed by atoms with Crippen molar-refractivity contribution in [2.24, 2.45) is 0 Å². The number of hydrogen-bond acceptors (Lipinski definition) is 1. The molecule has 0 saturated carbocycles. The van der Waals surface area contributed by atoms with Crippen molar-refractivity contribution >= 4 is 19.7 Å². The summed E-state index contributed by atoms with van der Waals surface area (Å²) in [6, 6.07) is 2.05. The second kappa shape index (κ2) is 5.24. The lowest BCUT2D eigenvalue weighted by molar-refractivity contribution is 0.811. The van der Waals surface area contributed by atoms with Crippen molar-refractivity contribution in [1.29, 1.82) is 0 Å². The highest BCUT2D eigenvalue weighted by Gasteiger charge is 2.11. The van der Waals surface area contributed by atoms with Crippen LogP contribution in [0.15, 0.2) is 6.07 Å². The zero-order valence-electron chi connectivity index (χ0n) is 11.5. The normalized spacial score (nSPS) is 11.3. The van der Waals surface area contributed by atoms with Crippen LogP contribution in [0.2, 0.25) is 24.8 Å². The molecule has 0 fully saturated rings. The Balaban J connectivity index is 3.20. The molecule has 1 aromatic rings. The fourth-order valence-electron chi connectivity index (χ4n) is 1.53. The summed E-state index contributed by atoms with van der Waals surface area (Å²) in [4.78, 5) is 4.45. The van der Waals surface area contributed by atoms with E-state index in [1.807, 2.05) is 0 Å². The Morgan fingerprint density at radius 2 is 1.88 bits per heavy atom. The highest BCUT2D eigenvalue weighted by atomic mass is 35.5. The smallest absolute Gasteiger partial charge is 0.144 e. The first kappa shape index (κ1) is 14.3. The Bertz CT molecular complexity index is 475. The van der Waals surface area contributed by atoms with Gasteiger partial charge in [0.15, 0.2) is 0 Å². The van der Waals surface area contributed by atoms with E-state index in [0.717, 1.165) is 11.3 Å². The van der Waals surface area contributed by atoms with Crippen molar-refractivity contribution in [2.75, 3.05) is 0 Å². The van der Waals surface area contributed by atoms with Crippen molar-refractivity contribution in [3.05, 3.63) is 28.0 Å². The molecule has 92 valence electrons. The van der Waals surface area contributed by atoms with E-state index in [-0.39, 0.29) is 0 Å². The zero-order chi connectivity index (χ0) is 13.2. The summed E-state index contributed by atoms with van der Waals surface area (Å²) in [5.74, 6) is 3.57. The quantitative estimate of drug-likeness (QED) is 0.417. The van der Waals surface area contributed by atoms with Gasteiger partial charge >= 0.3 is 0 Å². The largest absolute Gasteiger partial charge is 0.239 e. The van der Waals surface area contributed by atoms with Gasteiger partial charge in [0.2, 0.25) is 0 Å². The summed E-state index contributed by atoms with van der Waals surface area (Å²) in [5, 5.41) is 0.532. The lowest BCUT2D eigenvalue weighted by Crippen LogP contribution is -2.16. The number of pyridine rings is 1. The van der Waals surface area contributed by atoms with Crippen molar-refractivity contribution in [1.82, 2.24) is 4.98 Å². The van der Waals surface area contributed by atoms with Crippen LogP contribution in [0.4, 0.5) is 0 Å². The van der Waals surface area contributed by atoms with Gasteiger partial charge in [-0.25, -0.2) is 4.98 Å². The van der Waals surface area contributed by atoms with Crippen LogP contribution >= 0.6 is 11.6 Å². The number of halogens is 1. The van der Waals surface area contributed by atoms with E-state index in [1.165, 1.54) is 5.56 Å². The Morgan fingerprint density at radius 1 is 1.29 bits per heavy atom. The molecule has 1 rings (SSSR count). The van der Waals surface area contributed by atoms with Crippen molar-refractivity contribution in [3.8, 4) is 11.5 Å². The fourth-order valence-corrected chi connectivity index (χ4v) is 2.23. The maximum absolute atomic E-state index is 6.18. The number of nitrogens with zero attached hydrogens (tertiary/aromatic N) is 1. The molecule has 0 spiro atoms. The predicted octanol–water partition coefficient (Wildman–Crippen LogP) is 4.40. The lowest BCUT2D eigenvalue weighted by atomic mass is 10.0. The Labute approximate surface area is 111 Å². The van der Waals surface area contributed by atoms with Gasteiger partial charge < -0.3 is 0 Å². The van der Waals surface area contributed by atoms with E-state index >= 15 is 0 Å². The molecule has 1 nitrogen and oxygen atoms in total. The molecule has 0 atom stereocenters. The highest BCUT2D eigenvalue weighted by molar-refractivity contribution is 6.83. The van der Waals surface area contributed by atoms with Gasteiger partial charge in [-0.1, -0.05) is 51.0 Å². The highest BCUT2D eigenvalue weighted by Crippen LogP contribution is 2.22. The molecule has 0 radical (unpaired) electrons. The molecule has 0 unspecified atom stereocenters. The van der Waals surface area contributed by atoms with Crippen molar-refractivity contribution in [3.63, 3.8) is 0 Å². The minimum atomic E-state index is -1.36. The first-order valence-electron chi connectivity index (χ1n) is 5.91. The van der Waals surface area contributed by atoms with Gasteiger partial charge in [-0.05, 0) is 24.5 Å². The summed E-state index contributed by atoms with van der Waals surface area (Å²) in [7, 11) is -1.36. The second-order valence-electron chi connectivity index (χ2n) is 5.68. The Hall–Kier alpha value is -0.783. The van der Waals surface area contributed by atoms with Gasteiger partial charge in [0, 0.05) is 5.69 Å². The van der Waals surface area contributed by atoms with Crippen molar-refractivity contribution in [2.45, 2.75) is 46.3 Å². The molecule has 1 heterocycles. The van der Waals surface area contributed by atoms with Gasteiger partial charge in [-0.2, -0.15) is 0 Å². The topological polar surface area (TPSA) is 12.9 Å². The van der Waals surface area contributed by atoms with Crippen LogP contribution in [0.1, 0.15) is 36.6 Å². The summed E-state index contributed by atoms with van der Waals surface area (Å²) in [6.07, 6.45) is 0. The SMILES string of the molecule is Cc1cc(C#C[Si](C)(C)C)c(Cl)nc1C(C)C. The summed E-state index contributed by atoms with van der Waals surface area (Å²) < 4.78 is 0. The van der Waals surface area contributed by atoms with E-state index in [9.17, 15) is 0 Å². The lowest BCUT2D eigenvalue weighted by Gasteiger charge is -2.10. The van der Waals surface area contributed by atoms with E-state index in [4.69, 9.17) is 11.6 Å². The maximum Gasteiger partial charge on any atom is 0.144 e. The van der Waals surface area contributed by atoms with Crippen LogP contribution in [-0.4, -0.2) is 13.1 Å². The molecule has 17 heavy (non-hydrogen) atoms. The van der Waals surface area contributed by atoms with Crippen LogP contribution in [0, 0.1) is 18.4 Å². The third kappa shape index (κ3) is 4.18. The van der Waals surface area contributed by atoms with Crippen LogP contribution < -0.4 is 0 Å². The van der Waals surface area contributed by atoms with Crippen molar-refractivity contribution < 1.29 is 0 Å². The Morgan fingerprint density at radius 3 is 2.35 bits per heavy atom. The molecule has 0 aliphatic carbocycles. The molecule has 0 aliphatic heterocycles. The van der Waals surface area contributed by atoms with Crippen LogP contribution in [-0.2, 0) is 0 Å². The summed E-state index contributed by atoms with van der Waals surface area (Å²) >= 11 is 6.18. The van der Waals surface area contributed by atoms with Crippen LogP contribution in [0.3, 0.4) is 0 Å². The van der Waals surface area contributed by atoms with Gasteiger partial charge in [0.25, 0.3) is 0 Å². The summed E-state index contributed by atoms with van der Waals surface area (Å²) in [5.41, 5.74) is 6.41. The van der Waals surface area contributed by atoms with E-state index in [2.05, 4.69) is 62.9 Å². The summed E-state index contributed by atoms with van der Waals surface area (Å²) in [6.45, 7) is 13.0. The standard InChI is InChI=1S/C14H20ClNSi/c1-10(2)13-11(3)9-12(14(15)16-13)7-8-17(4,5)6/h9-10H,1-6H3. The first-order valence-corrected chi connectivity index (χ1v) is 9.78. The molecular formula is C14H20ClNSi. The zero-order valence-corrected chi connectivity index (χ0v) is 13.2. The molecular weight excluding hydrogens is 246 g/mol. The maximum atomic E-state index is 6.18. The number of aryl methyl sites for hydroxylation is 1. The van der Waals surface area contributed by atoms with E-state index in [1.54, 1.807) is 0 Å². The molecule has 3 heteroatoms. The number of rotatable bonds is 1. The average Bonchev–Trinajstić information content (AvgIpc) is 2.17. The molecule has 0 saturated heterocycles. The predicted molar refractivity (Wildman–Crippen MR) is 78.3 cm³/mol. The number of hydrogen-bond donors (Lipinski definition) is 0. The molecule has 0 amide bonds. The third-order valence-corrected chi connectivity index (χ3v) is 3.49. The van der Waals surface area contributed by atoms with Crippen LogP contribution in [0.25, 0.3) is 0 Å². The molecule has 0 bridgehead atoms. The molecule has 1 aromatic heterocycles. The molecule has 0 aromatic carbocycles. The molecule has 0 N–H and O–H groups in total. The fraction of sp³-hybridized carbons (Fsp3) is 0.500. The third-order valence-electron chi connectivity index (χ3n) is 2.32. The monoisotopic (exact) mass is 265 g/mol. The Kier molecular flexibility index (Phi) is 4.40. The number of aromatic nitrogens is 1. The van der Waals surface area contributed by atoms with Crippen LogP contribution in [0.5, 0.6) is 0 Å². The minimum absolute atomic E-state index is 0.395. The molecule has 0 aliphatic rings. The average molecular weight is 266 g/mol. The van der Waals surface area contributed by atoms with Gasteiger partial charge in [0.1, 0.15) is 13.2 Å².